The molecule has 6 N–H and O–H groups in total. The fourth-order valence-electron chi connectivity index (χ4n) is 2.61. The van der Waals surface area contributed by atoms with E-state index in [0.29, 0.717) is 19.0 Å². The van der Waals surface area contributed by atoms with E-state index in [2.05, 4.69) is 22.2 Å². The molecule has 0 saturated carbocycles. The van der Waals surface area contributed by atoms with Crippen LogP contribution in [0.2, 0.25) is 0 Å². The standard InChI is InChI=1S/C20H35N5O/c1-2-3-4-5-6-7-8-9-10-15-23-19(21)25-20(22)24-16-17-11-13-18(26)14-12-17/h11-14,26H,2-10,15-16H2,1H3,(H5,21,22,23,24,25). The fourth-order valence-corrected chi connectivity index (χ4v) is 2.61. The molecule has 0 spiro atoms. The highest BCUT2D eigenvalue weighted by molar-refractivity contribution is 5.96. The number of phenolic OH excluding ortho intramolecular Hbond substituents is 1. The topological polar surface area (TPSA) is 109 Å². The lowest BCUT2D eigenvalue weighted by atomic mass is 10.1. The van der Waals surface area contributed by atoms with Crippen molar-refractivity contribution in [1.29, 1.82) is 0 Å². The third-order valence-electron chi connectivity index (χ3n) is 4.17. The monoisotopic (exact) mass is 361 g/mol. The van der Waals surface area contributed by atoms with Crippen LogP contribution in [0.25, 0.3) is 0 Å². The first-order valence-electron chi connectivity index (χ1n) is 9.76. The van der Waals surface area contributed by atoms with Gasteiger partial charge in [-0.1, -0.05) is 70.4 Å². The van der Waals surface area contributed by atoms with Gasteiger partial charge in [0.2, 0.25) is 0 Å². The van der Waals surface area contributed by atoms with Gasteiger partial charge in [0.25, 0.3) is 0 Å². The average Bonchev–Trinajstić information content (AvgIpc) is 2.63. The molecule has 0 heterocycles. The molecule has 0 radical (unpaired) electrons. The Morgan fingerprint density at radius 2 is 1.38 bits per heavy atom. The summed E-state index contributed by atoms with van der Waals surface area (Å²) >= 11 is 0. The molecule has 0 amide bonds. The van der Waals surface area contributed by atoms with Crippen molar-refractivity contribution in [2.24, 2.45) is 21.5 Å². The van der Waals surface area contributed by atoms with Crippen molar-refractivity contribution in [1.82, 2.24) is 5.32 Å². The number of nitrogens with one attached hydrogen (secondary N) is 1. The van der Waals surface area contributed by atoms with E-state index < -0.39 is 0 Å². The number of phenols is 1. The van der Waals surface area contributed by atoms with Crippen molar-refractivity contribution in [2.45, 2.75) is 71.3 Å². The summed E-state index contributed by atoms with van der Waals surface area (Å²) in [6, 6.07) is 6.84. The van der Waals surface area contributed by atoms with Crippen LogP contribution >= 0.6 is 0 Å². The Balaban J connectivity index is 2.10. The maximum Gasteiger partial charge on any atom is 0.195 e. The molecule has 0 aromatic heterocycles. The van der Waals surface area contributed by atoms with Crippen LogP contribution in [0.5, 0.6) is 5.75 Å². The van der Waals surface area contributed by atoms with Gasteiger partial charge in [-0.15, -0.1) is 0 Å². The Bertz CT molecular complexity index is 540. The van der Waals surface area contributed by atoms with Crippen molar-refractivity contribution in [3.8, 4) is 5.75 Å². The van der Waals surface area contributed by atoms with Crippen LogP contribution in [0, 0.1) is 0 Å². The zero-order valence-corrected chi connectivity index (χ0v) is 16.1. The quantitative estimate of drug-likeness (QED) is 0.259. The van der Waals surface area contributed by atoms with E-state index in [9.17, 15) is 5.11 Å². The molecular formula is C20H35N5O. The molecule has 0 atom stereocenters. The van der Waals surface area contributed by atoms with Crippen LogP contribution in [0.4, 0.5) is 0 Å². The van der Waals surface area contributed by atoms with Crippen LogP contribution in [0.3, 0.4) is 0 Å². The second kappa shape index (κ2) is 14.0. The maximum absolute atomic E-state index is 9.24. The molecule has 0 fully saturated rings. The van der Waals surface area contributed by atoms with Gasteiger partial charge in [0, 0.05) is 6.54 Å². The minimum Gasteiger partial charge on any atom is -0.508 e. The number of nitrogens with zero attached hydrogens (tertiary/aromatic N) is 2. The number of rotatable bonds is 12. The molecule has 1 rings (SSSR count). The third-order valence-corrected chi connectivity index (χ3v) is 4.17. The smallest absolute Gasteiger partial charge is 0.195 e. The predicted octanol–water partition coefficient (Wildman–Crippen LogP) is 3.64. The number of benzene rings is 1. The predicted molar refractivity (Wildman–Crippen MR) is 110 cm³/mol. The second-order valence-corrected chi connectivity index (χ2v) is 6.59. The van der Waals surface area contributed by atoms with E-state index in [1.807, 2.05) is 0 Å². The number of guanidine groups is 2. The molecule has 6 nitrogen and oxygen atoms in total. The second-order valence-electron chi connectivity index (χ2n) is 6.59. The van der Waals surface area contributed by atoms with Crippen LogP contribution in [-0.2, 0) is 6.54 Å². The highest BCUT2D eigenvalue weighted by atomic mass is 16.3. The lowest BCUT2D eigenvalue weighted by molar-refractivity contribution is 0.475. The van der Waals surface area contributed by atoms with Crippen molar-refractivity contribution in [3.05, 3.63) is 29.8 Å². The molecule has 0 aliphatic carbocycles. The molecule has 1 aromatic carbocycles. The van der Waals surface area contributed by atoms with Crippen LogP contribution in [0.15, 0.2) is 34.3 Å². The van der Waals surface area contributed by atoms with E-state index >= 15 is 0 Å². The Morgan fingerprint density at radius 3 is 2.00 bits per heavy atom. The van der Waals surface area contributed by atoms with Gasteiger partial charge < -0.3 is 16.6 Å². The van der Waals surface area contributed by atoms with Gasteiger partial charge in [0.1, 0.15) is 5.75 Å². The van der Waals surface area contributed by atoms with Crippen molar-refractivity contribution >= 4 is 11.9 Å². The van der Waals surface area contributed by atoms with E-state index in [1.54, 1.807) is 24.3 Å². The first kappa shape index (κ1) is 21.8. The third kappa shape index (κ3) is 11.3. The first-order valence-corrected chi connectivity index (χ1v) is 9.76. The largest absolute Gasteiger partial charge is 0.508 e. The van der Waals surface area contributed by atoms with Crippen molar-refractivity contribution in [3.63, 3.8) is 0 Å². The molecular weight excluding hydrogens is 326 g/mol. The van der Waals surface area contributed by atoms with Crippen LogP contribution < -0.4 is 16.8 Å². The Kier molecular flexibility index (Phi) is 11.7. The minimum absolute atomic E-state index is 0.233. The van der Waals surface area contributed by atoms with Gasteiger partial charge in [-0.2, -0.15) is 0 Å². The SMILES string of the molecule is CCCCCCCCCCCN=C(N)NC(N)=NCc1ccc(O)cc1. The van der Waals surface area contributed by atoms with Gasteiger partial charge >= 0.3 is 0 Å². The molecule has 0 aliphatic heterocycles. The summed E-state index contributed by atoms with van der Waals surface area (Å²) in [5, 5.41) is 12.0. The summed E-state index contributed by atoms with van der Waals surface area (Å²) in [4.78, 5) is 8.48. The van der Waals surface area contributed by atoms with Gasteiger partial charge in [-0.05, 0) is 24.1 Å². The Labute approximate surface area is 157 Å². The summed E-state index contributed by atoms with van der Waals surface area (Å²) in [5.41, 5.74) is 12.6. The van der Waals surface area contributed by atoms with Crippen LogP contribution in [0.1, 0.15) is 70.3 Å². The van der Waals surface area contributed by atoms with Gasteiger partial charge in [0.05, 0.1) is 6.54 Å². The van der Waals surface area contributed by atoms with E-state index in [4.69, 9.17) is 11.5 Å². The summed E-state index contributed by atoms with van der Waals surface area (Å²) in [5.74, 6) is 0.777. The highest BCUT2D eigenvalue weighted by Crippen LogP contribution is 2.10. The summed E-state index contributed by atoms with van der Waals surface area (Å²) in [6.45, 7) is 3.38. The van der Waals surface area contributed by atoms with E-state index in [0.717, 1.165) is 12.0 Å². The summed E-state index contributed by atoms with van der Waals surface area (Å²) < 4.78 is 0. The van der Waals surface area contributed by atoms with Gasteiger partial charge in [0.15, 0.2) is 11.9 Å². The van der Waals surface area contributed by atoms with Crippen molar-refractivity contribution < 1.29 is 5.11 Å². The van der Waals surface area contributed by atoms with E-state index in [-0.39, 0.29) is 11.7 Å². The Hall–Kier alpha value is -2.24. The van der Waals surface area contributed by atoms with Gasteiger partial charge in [-0.3, -0.25) is 10.3 Å². The normalized spacial score (nSPS) is 12.3. The number of hydrogen-bond acceptors (Lipinski definition) is 3. The summed E-state index contributed by atoms with van der Waals surface area (Å²) in [6.07, 6.45) is 11.6. The first-order chi connectivity index (χ1) is 12.6. The van der Waals surface area contributed by atoms with Crippen LogP contribution in [-0.4, -0.2) is 23.6 Å². The summed E-state index contributed by atoms with van der Waals surface area (Å²) in [7, 11) is 0. The minimum atomic E-state index is 0.233. The fraction of sp³-hybridized carbons (Fsp3) is 0.600. The maximum atomic E-state index is 9.24. The number of aromatic hydroxyl groups is 1. The molecule has 0 saturated heterocycles. The highest BCUT2D eigenvalue weighted by Gasteiger charge is 1.97. The Morgan fingerprint density at radius 1 is 0.846 bits per heavy atom. The number of unbranched alkanes of at least 4 members (excludes halogenated alkanes) is 8. The molecule has 0 unspecified atom stereocenters. The zero-order valence-electron chi connectivity index (χ0n) is 16.1. The lowest BCUT2D eigenvalue weighted by Gasteiger charge is -2.05. The molecule has 26 heavy (non-hydrogen) atoms. The number of nitrogens with two attached hydrogens (primary N) is 2. The van der Waals surface area contributed by atoms with E-state index in [1.165, 1.54) is 51.4 Å². The van der Waals surface area contributed by atoms with Crippen molar-refractivity contribution in [2.75, 3.05) is 6.54 Å². The average molecular weight is 362 g/mol. The molecule has 1 aromatic rings. The zero-order chi connectivity index (χ0) is 19.0. The molecule has 146 valence electrons. The van der Waals surface area contributed by atoms with Gasteiger partial charge in [-0.25, -0.2) is 4.99 Å². The lowest BCUT2D eigenvalue weighted by Crippen LogP contribution is -2.41. The number of aliphatic imine (C=N–C) groups is 2. The molecule has 0 bridgehead atoms. The number of hydrogen-bond donors (Lipinski definition) is 4. The molecule has 0 aliphatic rings. The molecule has 6 heteroatoms.